The molecule has 0 aromatic heterocycles. The van der Waals surface area contributed by atoms with Crippen LogP contribution in [0.3, 0.4) is 0 Å². The molecule has 0 radical (unpaired) electrons. The fourth-order valence-corrected chi connectivity index (χ4v) is 2.74. The zero-order valence-electron chi connectivity index (χ0n) is 11.9. The smallest absolute Gasteiger partial charge is 0.0340 e. The predicted octanol–water partition coefficient (Wildman–Crippen LogP) is 3.61. The predicted molar refractivity (Wildman–Crippen MR) is 79.2 cm³/mol. The van der Waals surface area contributed by atoms with Gasteiger partial charge in [0, 0.05) is 24.2 Å². The van der Waals surface area contributed by atoms with Crippen LogP contribution in [0.1, 0.15) is 44.6 Å². The van der Waals surface area contributed by atoms with Crippen LogP contribution in [0.25, 0.3) is 0 Å². The zero-order chi connectivity index (χ0) is 13.0. The first-order valence-electron chi connectivity index (χ1n) is 7.14. The molecule has 1 aliphatic carbocycles. The molecule has 0 saturated heterocycles. The summed E-state index contributed by atoms with van der Waals surface area (Å²) in [5.41, 5.74) is 3.15. The molecule has 1 saturated carbocycles. The van der Waals surface area contributed by atoms with Crippen LogP contribution in [-0.2, 0) is 0 Å². The van der Waals surface area contributed by atoms with Crippen LogP contribution in [0, 0.1) is 5.41 Å². The molecule has 0 spiro atoms. The molecule has 2 rings (SSSR count). The Bertz CT molecular complexity index is 363. The summed E-state index contributed by atoms with van der Waals surface area (Å²) in [5.74, 6) is 0.612. The minimum absolute atomic E-state index is 0.492. The molecule has 100 valence electrons. The van der Waals surface area contributed by atoms with E-state index in [2.05, 4.69) is 55.8 Å². The molecule has 0 unspecified atom stereocenters. The van der Waals surface area contributed by atoms with Crippen molar-refractivity contribution < 1.29 is 0 Å². The summed E-state index contributed by atoms with van der Waals surface area (Å²) < 4.78 is 0. The fraction of sp³-hybridized carbons (Fsp3) is 0.625. The Morgan fingerprint density at radius 1 is 1.11 bits per heavy atom. The standard InChI is InChI=1S/C16H26N2/c1-13(2)14-5-7-15(8-6-14)18-12-16(11-17-3)9-4-10-16/h5-8,13,17-18H,4,9-12H2,1-3H3. The van der Waals surface area contributed by atoms with E-state index in [0.29, 0.717) is 11.3 Å². The van der Waals surface area contributed by atoms with E-state index >= 15 is 0 Å². The highest BCUT2D eigenvalue weighted by Crippen LogP contribution is 2.40. The molecular formula is C16H26N2. The number of nitrogens with one attached hydrogen (secondary N) is 2. The maximum absolute atomic E-state index is 3.60. The summed E-state index contributed by atoms with van der Waals surface area (Å²) in [6, 6.07) is 8.89. The van der Waals surface area contributed by atoms with E-state index in [4.69, 9.17) is 0 Å². The van der Waals surface area contributed by atoms with Crippen LogP contribution in [0.15, 0.2) is 24.3 Å². The number of hydrogen-bond acceptors (Lipinski definition) is 2. The lowest BCUT2D eigenvalue weighted by Crippen LogP contribution is -2.44. The summed E-state index contributed by atoms with van der Waals surface area (Å²) in [5, 5.41) is 6.93. The van der Waals surface area contributed by atoms with E-state index in [0.717, 1.165) is 13.1 Å². The highest BCUT2D eigenvalue weighted by Gasteiger charge is 2.35. The van der Waals surface area contributed by atoms with E-state index in [1.54, 1.807) is 0 Å². The second kappa shape index (κ2) is 5.75. The molecule has 0 heterocycles. The van der Waals surface area contributed by atoms with Crippen molar-refractivity contribution in [2.45, 2.75) is 39.0 Å². The second-order valence-corrected chi connectivity index (χ2v) is 6.01. The van der Waals surface area contributed by atoms with Gasteiger partial charge in [0.05, 0.1) is 0 Å². The van der Waals surface area contributed by atoms with Crippen LogP contribution in [0.4, 0.5) is 5.69 Å². The van der Waals surface area contributed by atoms with Crippen molar-refractivity contribution in [1.29, 1.82) is 0 Å². The van der Waals surface area contributed by atoms with Gasteiger partial charge in [-0.3, -0.25) is 0 Å². The molecule has 1 aromatic carbocycles. The van der Waals surface area contributed by atoms with E-state index in [-0.39, 0.29) is 0 Å². The van der Waals surface area contributed by atoms with Crippen LogP contribution >= 0.6 is 0 Å². The molecule has 1 fully saturated rings. The molecule has 2 N–H and O–H groups in total. The lowest BCUT2D eigenvalue weighted by Gasteiger charge is -2.42. The molecule has 2 nitrogen and oxygen atoms in total. The first-order chi connectivity index (χ1) is 8.65. The van der Waals surface area contributed by atoms with Gasteiger partial charge in [-0.25, -0.2) is 0 Å². The van der Waals surface area contributed by atoms with E-state index < -0.39 is 0 Å². The van der Waals surface area contributed by atoms with Gasteiger partial charge in [0.15, 0.2) is 0 Å². The second-order valence-electron chi connectivity index (χ2n) is 6.01. The maximum atomic E-state index is 3.60. The Hall–Kier alpha value is -1.02. The van der Waals surface area contributed by atoms with Crippen molar-refractivity contribution in [3.63, 3.8) is 0 Å². The first kappa shape index (κ1) is 13.4. The molecule has 0 aliphatic heterocycles. The Morgan fingerprint density at radius 2 is 1.78 bits per heavy atom. The Labute approximate surface area is 111 Å². The summed E-state index contributed by atoms with van der Waals surface area (Å²) in [6.45, 7) is 6.69. The summed E-state index contributed by atoms with van der Waals surface area (Å²) in [6.07, 6.45) is 4.09. The SMILES string of the molecule is CNCC1(CNc2ccc(C(C)C)cc2)CCC1. The highest BCUT2D eigenvalue weighted by molar-refractivity contribution is 5.45. The van der Waals surface area contributed by atoms with E-state index in [1.165, 1.54) is 30.5 Å². The molecule has 0 atom stereocenters. The minimum atomic E-state index is 0.492. The van der Waals surface area contributed by atoms with Gasteiger partial charge >= 0.3 is 0 Å². The van der Waals surface area contributed by atoms with Crippen molar-refractivity contribution in [3.05, 3.63) is 29.8 Å². The first-order valence-corrected chi connectivity index (χ1v) is 7.14. The van der Waals surface area contributed by atoms with E-state index in [9.17, 15) is 0 Å². The third-order valence-electron chi connectivity index (χ3n) is 4.21. The average molecular weight is 246 g/mol. The minimum Gasteiger partial charge on any atom is -0.384 e. The van der Waals surface area contributed by atoms with E-state index in [1.807, 2.05) is 0 Å². The van der Waals surface area contributed by atoms with Crippen molar-refractivity contribution in [3.8, 4) is 0 Å². The summed E-state index contributed by atoms with van der Waals surface area (Å²) in [7, 11) is 2.05. The maximum Gasteiger partial charge on any atom is 0.0340 e. The van der Waals surface area contributed by atoms with Crippen LogP contribution in [0.2, 0.25) is 0 Å². The lowest BCUT2D eigenvalue weighted by molar-refractivity contribution is 0.151. The third-order valence-corrected chi connectivity index (χ3v) is 4.21. The van der Waals surface area contributed by atoms with Gasteiger partial charge in [0.25, 0.3) is 0 Å². The van der Waals surface area contributed by atoms with Gasteiger partial charge in [0.1, 0.15) is 0 Å². The van der Waals surface area contributed by atoms with Crippen LogP contribution < -0.4 is 10.6 Å². The molecule has 1 aliphatic rings. The molecule has 1 aromatic rings. The van der Waals surface area contributed by atoms with Gasteiger partial charge < -0.3 is 10.6 Å². The molecule has 18 heavy (non-hydrogen) atoms. The number of hydrogen-bond donors (Lipinski definition) is 2. The molecule has 0 bridgehead atoms. The fourth-order valence-electron chi connectivity index (χ4n) is 2.74. The Balaban J connectivity index is 1.89. The number of rotatable bonds is 6. The summed E-state index contributed by atoms with van der Waals surface area (Å²) >= 11 is 0. The van der Waals surface area contributed by atoms with Gasteiger partial charge in [-0.15, -0.1) is 0 Å². The van der Waals surface area contributed by atoms with Crippen molar-refractivity contribution in [2.24, 2.45) is 5.41 Å². The Morgan fingerprint density at radius 3 is 2.22 bits per heavy atom. The number of benzene rings is 1. The van der Waals surface area contributed by atoms with Crippen molar-refractivity contribution in [1.82, 2.24) is 5.32 Å². The van der Waals surface area contributed by atoms with Crippen molar-refractivity contribution >= 4 is 5.69 Å². The van der Waals surface area contributed by atoms with Crippen LogP contribution in [0.5, 0.6) is 0 Å². The monoisotopic (exact) mass is 246 g/mol. The molecule has 2 heteroatoms. The number of anilines is 1. The largest absolute Gasteiger partial charge is 0.384 e. The highest BCUT2D eigenvalue weighted by atomic mass is 14.9. The average Bonchev–Trinajstić information content (AvgIpc) is 2.33. The quantitative estimate of drug-likeness (QED) is 0.801. The topological polar surface area (TPSA) is 24.1 Å². The van der Waals surface area contributed by atoms with Gasteiger partial charge in [-0.05, 0) is 43.5 Å². The zero-order valence-corrected chi connectivity index (χ0v) is 11.9. The molecule has 0 amide bonds. The normalized spacial score (nSPS) is 17.6. The van der Waals surface area contributed by atoms with Crippen LogP contribution in [-0.4, -0.2) is 20.1 Å². The molecular weight excluding hydrogens is 220 g/mol. The third kappa shape index (κ3) is 3.05. The van der Waals surface area contributed by atoms with Crippen molar-refractivity contribution in [2.75, 3.05) is 25.5 Å². The Kier molecular flexibility index (Phi) is 4.28. The lowest BCUT2D eigenvalue weighted by atomic mass is 9.68. The summed E-state index contributed by atoms with van der Waals surface area (Å²) in [4.78, 5) is 0. The van der Waals surface area contributed by atoms with Gasteiger partial charge in [0.2, 0.25) is 0 Å². The van der Waals surface area contributed by atoms with Gasteiger partial charge in [-0.1, -0.05) is 32.4 Å². The van der Waals surface area contributed by atoms with Gasteiger partial charge in [-0.2, -0.15) is 0 Å².